The summed E-state index contributed by atoms with van der Waals surface area (Å²) in [5.74, 6) is 0. The van der Waals surface area contributed by atoms with Gasteiger partial charge in [0.2, 0.25) is 0 Å². The third-order valence-corrected chi connectivity index (χ3v) is 3.93. The molecule has 0 saturated carbocycles. The van der Waals surface area contributed by atoms with Crippen molar-refractivity contribution < 1.29 is 5.11 Å². The van der Waals surface area contributed by atoms with Gasteiger partial charge in [0.25, 0.3) is 0 Å². The minimum absolute atomic E-state index is 0.303. The summed E-state index contributed by atoms with van der Waals surface area (Å²) in [6.45, 7) is 9.44. The second-order valence-electron chi connectivity index (χ2n) is 5.53. The first-order chi connectivity index (χ1) is 8.86. The number of nitrogens with zero attached hydrogens (tertiary/aromatic N) is 2. The Kier molecular flexibility index (Phi) is 9.54. The van der Waals surface area contributed by atoms with Gasteiger partial charge in [-0.25, -0.2) is 0 Å². The molecule has 0 aliphatic carbocycles. The molecule has 1 fully saturated rings. The van der Waals surface area contributed by atoms with Crippen LogP contribution in [0.3, 0.4) is 0 Å². The summed E-state index contributed by atoms with van der Waals surface area (Å²) >= 11 is 0. The van der Waals surface area contributed by atoms with Gasteiger partial charge >= 0.3 is 0 Å². The number of hydrogen-bond donors (Lipinski definition) is 1. The highest BCUT2D eigenvalue weighted by molar-refractivity contribution is 4.69. The Morgan fingerprint density at radius 2 is 1.39 bits per heavy atom. The van der Waals surface area contributed by atoms with Crippen molar-refractivity contribution in [1.82, 2.24) is 9.80 Å². The molecular formula is C15H32N2O. The molecule has 0 aromatic carbocycles. The van der Waals surface area contributed by atoms with Gasteiger partial charge in [-0.2, -0.15) is 0 Å². The highest BCUT2D eigenvalue weighted by Crippen LogP contribution is 2.08. The van der Waals surface area contributed by atoms with Crippen molar-refractivity contribution in [2.45, 2.75) is 51.9 Å². The average molecular weight is 256 g/mol. The van der Waals surface area contributed by atoms with E-state index in [0.29, 0.717) is 6.61 Å². The van der Waals surface area contributed by atoms with Crippen LogP contribution < -0.4 is 0 Å². The number of β-amino-alcohol motifs (C(OH)–C–C–N with tert-alkyl or cyclic N) is 1. The molecule has 1 saturated heterocycles. The molecule has 0 bridgehead atoms. The predicted molar refractivity (Wildman–Crippen MR) is 78.0 cm³/mol. The number of unbranched alkanes of at least 4 members (excludes halogenated alkanes) is 5. The maximum Gasteiger partial charge on any atom is 0.0558 e. The first-order valence-corrected chi connectivity index (χ1v) is 7.92. The molecule has 3 heteroatoms. The van der Waals surface area contributed by atoms with E-state index in [2.05, 4.69) is 16.7 Å². The molecule has 0 atom stereocenters. The first-order valence-electron chi connectivity index (χ1n) is 7.92. The molecule has 1 rings (SSSR count). The van der Waals surface area contributed by atoms with E-state index in [0.717, 1.165) is 19.6 Å². The van der Waals surface area contributed by atoms with Gasteiger partial charge in [0, 0.05) is 19.6 Å². The molecule has 0 radical (unpaired) electrons. The molecule has 0 aromatic heterocycles. The summed E-state index contributed by atoms with van der Waals surface area (Å²) < 4.78 is 0. The van der Waals surface area contributed by atoms with Crippen molar-refractivity contribution in [1.29, 1.82) is 0 Å². The quantitative estimate of drug-likeness (QED) is 0.642. The van der Waals surface area contributed by atoms with Gasteiger partial charge in [-0.05, 0) is 32.5 Å². The minimum atomic E-state index is 0.303. The van der Waals surface area contributed by atoms with E-state index in [1.165, 1.54) is 64.6 Å². The Balaban J connectivity index is 2.01. The Hall–Kier alpha value is -0.120. The molecule has 0 spiro atoms. The summed E-state index contributed by atoms with van der Waals surface area (Å²) in [6, 6.07) is 0. The van der Waals surface area contributed by atoms with Crippen LogP contribution in [0.1, 0.15) is 51.9 Å². The summed E-state index contributed by atoms with van der Waals surface area (Å²) in [5, 5.41) is 8.97. The van der Waals surface area contributed by atoms with Crippen molar-refractivity contribution in [3.63, 3.8) is 0 Å². The van der Waals surface area contributed by atoms with Crippen LogP contribution in [-0.4, -0.2) is 60.8 Å². The van der Waals surface area contributed by atoms with Crippen LogP contribution >= 0.6 is 0 Å². The molecule has 1 heterocycles. The molecule has 18 heavy (non-hydrogen) atoms. The maximum atomic E-state index is 8.97. The fourth-order valence-electron chi connectivity index (χ4n) is 2.73. The third-order valence-electron chi connectivity index (χ3n) is 3.93. The number of aliphatic hydroxyl groups excluding tert-OH is 1. The van der Waals surface area contributed by atoms with E-state index in [-0.39, 0.29) is 0 Å². The summed E-state index contributed by atoms with van der Waals surface area (Å²) in [7, 11) is 0. The topological polar surface area (TPSA) is 26.7 Å². The zero-order valence-corrected chi connectivity index (χ0v) is 12.2. The van der Waals surface area contributed by atoms with E-state index in [1.54, 1.807) is 0 Å². The van der Waals surface area contributed by atoms with Gasteiger partial charge in [0.1, 0.15) is 0 Å². The molecule has 0 unspecified atom stereocenters. The van der Waals surface area contributed by atoms with E-state index in [9.17, 15) is 0 Å². The zero-order chi connectivity index (χ0) is 13.1. The second-order valence-corrected chi connectivity index (χ2v) is 5.53. The van der Waals surface area contributed by atoms with Gasteiger partial charge < -0.3 is 10.0 Å². The Labute approximate surface area is 113 Å². The normalized spacial score (nSPS) is 19.0. The molecule has 0 aromatic rings. The van der Waals surface area contributed by atoms with Crippen LogP contribution in [0.15, 0.2) is 0 Å². The van der Waals surface area contributed by atoms with Crippen LogP contribution in [0.2, 0.25) is 0 Å². The van der Waals surface area contributed by atoms with Crippen LogP contribution in [0.4, 0.5) is 0 Å². The zero-order valence-electron chi connectivity index (χ0n) is 12.2. The fourth-order valence-corrected chi connectivity index (χ4v) is 2.73. The Morgan fingerprint density at radius 3 is 2.06 bits per heavy atom. The van der Waals surface area contributed by atoms with Crippen LogP contribution in [0.25, 0.3) is 0 Å². The van der Waals surface area contributed by atoms with Gasteiger partial charge in [-0.15, -0.1) is 0 Å². The molecule has 1 N–H and O–H groups in total. The summed E-state index contributed by atoms with van der Waals surface area (Å²) in [5.41, 5.74) is 0. The molecule has 0 amide bonds. The van der Waals surface area contributed by atoms with Gasteiger partial charge in [0.15, 0.2) is 0 Å². The summed E-state index contributed by atoms with van der Waals surface area (Å²) in [6.07, 6.45) is 9.60. The number of rotatable bonds is 9. The van der Waals surface area contributed by atoms with Crippen molar-refractivity contribution >= 4 is 0 Å². The second kappa shape index (κ2) is 10.8. The SMILES string of the molecule is CCCCCCCCN1CCCN(CCO)CC1. The van der Waals surface area contributed by atoms with E-state index < -0.39 is 0 Å². The fraction of sp³-hybridized carbons (Fsp3) is 1.00. The van der Waals surface area contributed by atoms with Crippen molar-refractivity contribution in [2.75, 3.05) is 45.9 Å². The highest BCUT2D eigenvalue weighted by Gasteiger charge is 2.13. The predicted octanol–water partition coefficient (Wildman–Crippen LogP) is 2.35. The van der Waals surface area contributed by atoms with Crippen LogP contribution in [0.5, 0.6) is 0 Å². The lowest BCUT2D eigenvalue weighted by molar-refractivity contribution is 0.196. The van der Waals surface area contributed by atoms with Gasteiger partial charge in [0.05, 0.1) is 6.61 Å². The monoisotopic (exact) mass is 256 g/mol. The molecule has 3 nitrogen and oxygen atoms in total. The molecule has 108 valence electrons. The molecular weight excluding hydrogens is 224 g/mol. The van der Waals surface area contributed by atoms with Gasteiger partial charge in [-0.1, -0.05) is 39.0 Å². The third kappa shape index (κ3) is 7.34. The minimum Gasteiger partial charge on any atom is -0.395 e. The molecule has 1 aliphatic rings. The van der Waals surface area contributed by atoms with E-state index >= 15 is 0 Å². The smallest absolute Gasteiger partial charge is 0.0558 e. The maximum absolute atomic E-state index is 8.97. The summed E-state index contributed by atoms with van der Waals surface area (Å²) in [4.78, 5) is 5.00. The van der Waals surface area contributed by atoms with Crippen molar-refractivity contribution in [3.05, 3.63) is 0 Å². The Bertz CT molecular complexity index is 187. The standard InChI is InChI=1S/C15H32N2O/c1-2-3-4-5-6-7-9-16-10-8-11-17(13-12-16)14-15-18/h18H,2-15H2,1H3. The first kappa shape index (κ1) is 15.9. The van der Waals surface area contributed by atoms with Crippen LogP contribution in [-0.2, 0) is 0 Å². The lowest BCUT2D eigenvalue weighted by Crippen LogP contribution is -2.32. The van der Waals surface area contributed by atoms with E-state index in [4.69, 9.17) is 5.11 Å². The van der Waals surface area contributed by atoms with Crippen molar-refractivity contribution in [3.8, 4) is 0 Å². The molecule has 1 aliphatic heterocycles. The number of aliphatic hydroxyl groups is 1. The van der Waals surface area contributed by atoms with Gasteiger partial charge in [-0.3, -0.25) is 4.90 Å². The highest BCUT2D eigenvalue weighted by atomic mass is 16.3. The Morgan fingerprint density at radius 1 is 0.778 bits per heavy atom. The van der Waals surface area contributed by atoms with Crippen LogP contribution in [0, 0.1) is 0 Å². The lowest BCUT2D eigenvalue weighted by Gasteiger charge is -2.21. The largest absolute Gasteiger partial charge is 0.395 e. The average Bonchev–Trinajstić information content (AvgIpc) is 2.60. The lowest BCUT2D eigenvalue weighted by atomic mass is 10.1. The van der Waals surface area contributed by atoms with Crippen molar-refractivity contribution in [2.24, 2.45) is 0 Å². The number of hydrogen-bond acceptors (Lipinski definition) is 3. The van der Waals surface area contributed by atoms with E-state index in [1.807, 2.05) is 0 Å².